The summed E-state index contributed by atoms with van der Waals surface area (Å²) in [5.74, 6) is 1.64. The lowest BCUT2D eigenvalue weighted by Gasteiger charge is -2.31. The molecule has 0 amide bonds. The van der Waals surface area contributed by atoms with Gasteiger partial charge in [-0.05, 0) is 110 Å². The highest BCUT2D eigenvalue weighted by atomic mass is 15.4. The lowest BCUT2D eigenvalue weighted by molar-refractivity contribution is 0.179. The summed E-state index contributed by atoms with van der Waals surface area (Å²) in [7, 11) is 2.05. The predicted molar refractivity (Wildman–Crippen MR) is 131 cm³/mol. The van der Waals surface area contributed by atoms with E-state index in [1.165, 1.54) is 71.4 Å². The van der Waals surface area contributed by atoms with Crippen LogP contribution in [0.1, 0.15) is 38.5 Å². The molecule has 10 nitrogen and oxygen atoms in total. The summed E-state index contributed by atoms with van der Waals surface area (Å²) in [6.07, 6.45) is 14.8. The summed E-state index contributed by atoms with van der Waals surface area (Å²) in [4.78, 5) is 5.10. The Labute approximate surface area is 198 Å². The zero-order valence-electron chi connectivity index (χ0n) is 20.4. The lowest BCUT2D eigenvalue weighted by Crippen LogP contribution is -2.37. The molecule has 186 valence electrons. The van der Waals surface area contributed by atoms with Crippen molar-refractivity contribution < 1.29 is 0 Å². The second kappa shape index (κ2) is 15.1. The van der Waals surface area contributed by atoms with Gasteiger partial charge in [0.1, 0.15) is 0 Å². The van der Waals surface area contributed by atoms with Crippen LogP contribution >= 0.6 is 0 Å². The van der Waals surface area contributed by atoms with Gasteiger partial charge in [-0.2, -0.15) is 0 Å². The Balaban J connectivity index is 0.000000186. The van der Waals surface area contributed by atoms with Crippen molar-refractivity contribution in [3.05, 3.63) is 24.8 Å². The average molecular weight is 461 g/mol. The number of hydrogen-bond donors (Lipinski definition) is 2. The number of piperidine rings is 2. The van der Waals surface area contributed by atoms with Crippen LogP contribution in [0.5, 0.6) is 0 Å². The molecule has 10 heteroatoms. The number of nitrogens with two attached hydrogens (primary N) is 1. The smallest absolute Gasteiger partial charge is 0.0692 e. The molecule has 0 aliphatic carbocycles. The minimum Gasteiger partial charge on any atom is -0.330 e. The molecule has 0 unspecified atom stereocenters. The average Bonchev–Trinajstić information content (AvgIpc) is 3.56. The molecule has 33 heavy (non-hydrogen) atoms. The molecule has 0 radical (unpaired) electrons. The summed E-state index contributed by atoms with van der Waals surface area (Å²) in [6.45, 7) is 11.3. The second-order valence-corrected chi connectivity index (χ2v) is 9.40. The molecule has 0 saturated carbocycles. The molecule has 4 heterocycles. The zero-order valence-corrected chi connectivity index (χ0v) is 20.4. The number of likely N-dealkylation sites (tertiary alicyclic amines) is 2. The van der Waals surface area contributed by atoms with Gasteiger partial charge in [0, 0.05) is 25.5 Å². The Morgan fingerprint density at radius 2 is 1.24 bits per heavy atom. The number of nitrogens with one attached hydrogen (secondary N) is 1. The monoisotopic (exact) mass is 460 g/mol. The van der Waals surface area contributed by atoms with Gasteiger partial charge in [-0.1, -0.05) is 10.4 Å². The fourth-order valence-corrected chi connectivity index (χ4v) is 4.77. The molecule has 2 fully saturated rings. The molecule has 0 atom stereocenters. The van der Waals surface area contributed by atoms with Crippen molar-refractivity contribution in [3.63, 3.8) is 0 Å². The number of nitrogens with zero attached hydrogens (tertiary/aromatic N) is 8. The van der Waals surface area contributed by atoms with Crippen LogP contribution in [0, 0.1) is 11.8 Å². The normalized spacial score (nSPS) is 18.8. The standard InChI is InChI=1S/C12H23N5.C11H21N5/c1-13-11-12-3-8-16(9-4-12)6-2-7-17-10-5-14-15-17;12-10-11-2-7-15(8-3-11)5-1-6-16-9-4-13-14-16/h5,10,12-13H,2-4,6-9,11H2,1H3;4,9,11H,1-3,5-8,10,12H2. The van der Waals surface area contributed by atoms with Crippen molar-refractivity contribution in [2.45, 2.75) is 51.6 Å². The highest BCUT2D eigenvalue weighted by molar-refractivity contribution is 4.74. The molecule has 2 aromatic heterocycles. The molecule has 0 aromatic carbocycles. The number of aromatic nitrogens is 6. The van der Waals surface area contributed by atoms with E-state index in [0.29, 0.717) is 0 Å². The quantitative estimate of drug-likeness (QED) is 0.510. The second-order valence-electron chi connectivity index (χ2n) is 9.40. The Hall–Kier alpha value is -1.88. The van der Waals surface area contributed by atoms with Crippen LogP contribution in [-0.4, -0.2) is 99.2 Å². The maximum Gasteiger partial charge on any atom is 0.0692 e. The van der Waals surface area contributed by atoms with E-state index in [9.17, 15) is 0 Å². The van der Waals surface area contributed by atoms with Crippen LogP contribution in [0.15, 0.2) is 24.8 Å². The van der Waals surface area contributed by atoms with Gasteiger partial charge in [0.2, 0.25) is 0 Å². The van der Waals surface area contributed by atoms with Crippen LogP contribution in [0.25, 0.3) is 0 Å². The van der Waals surface area contributed by atoms with Crippen molar-refractivity contribution in [1.29, 1.82) is 0 Å². The fraction of sp³-hybridized carbons (Fsp3) is 0.826. The topological polar surface area (TPSA) is 106 Å². The molecule has 2 aromatic rings. The molecular weight excluding hydrogens is 416 g/mol. The first kappa shape index (κ1) is 25.7. The van der Waals surface area contributed by atoms with Crippen LogP contribution in [0.3, 0.4) is 0 Å². The van der Waals surface area contributed by atoms with E-state index in [0.717, 1.165) is 44.4 Å². The van der Waals surface area contributed by atoms with Crippen LogP contribution in [0.2, 0.25) is 0 Å². The maximum absolute atomic E-state index is 5.68. The van der Waals surface area contributed by atoms with Gasteiger partial charge in [0.15, 0.2) is 0 Å². The highest BCUT2D eigenvalue weighted by Crippen LogP contribution is 2.17. The van der Waals surface area contributed by atoms with Gasteiger partial charge < -0.3 is 20.9 Å². The van der Waals surface area contributed by atoms with Crippen LogP contribution in [0.4, 0.5) is 0 Å². The van der Waals surface area contributed by atoms with Gasteiger partial charge in [-0.3, -0.25) is 9.36 Å². The van der Waals surface area contributed by atoms with Crippen molar-refractivity contribution >= 4 is 0 Å². The van der Waals surface area contributed by atoms with Crippen LogP contribution < -0.4 is 11.1 Å². The molecule has 2 saturated heterocycles. The van der Waals surface area contributed by atoms with Gasteiger partial charge in [0.05, 0.1) is 12.4 Å². The third-order valence-electron chi connectivity index (χ3n) is 6.91. The van der Waals surface area contributed by atoms with E-state index >= 15 is 0 Å². The van der Waals surface area contributed by atoms with Gasteiger partial charge in [-0.15, -0.1) is 10.2 Å². The number of aryl methyl sites for hydroxylation is 2. The maximum atomic E-state index is 5.68. The molecule has 2 aliphatic rings. The molecule has 0 spiro atoms. The van der Waals surface area contributed by atoms with Crippen molar-refractivity contribution in [3.8, 4) is 0 Å². The van der Waals surface area contributed by atoms with E-state index in [1.807, 2.05) is 28.8 Å². The molecule has 3 N–H and O–H groups in total. The largest absolute Gasteiger partial charge is 0.330 e. The fourth-order valence-electron chi connectivity index (χ4n) is 4.77. The van der Waals surface area contributed by atoms with Crippen LogP contribution in [-0.2, 0) is 13.1 Å². The van der Waals surface area contributed by atoms with E-state index in [2.05, 4.69) is 35.7 Å². The molecule has 2 aliphatic heterocycles. The summed E-state index contributed by atoms with van der Waals surface area (Å²) in [5.41, 5.74) is 5.68. The first-order valence-corrected chi connectivity index (χ1v) is 12.7. The first-order chi connectivity index (χ1) is 16.3. The lowest BCUT2D eigenvalue weighted by atomic mass is 9.97. The van der Waals surface area contributed by atoms with E-state index in [4.69, 9.17) is 5.73 Å². The van der Waals surface area contributed by atoms with Crippen molar-refractivity contribution in [1.82, 2.24) is 45.1 Å². The zero-order chi connectivity index (χ0) is 23.1. The Morgan fingerprint density at radius 1 is 0.758 bits per heavy atom. The van der Waals surface area contributed by atoms with E-state index < -0.39 is 0 Å². The van der Waals surface area contributed by atoms with E-state index in [1.54, 1.807) is 12.4 Å². The van der Waals surface area contributed by atoms with Gasteiger partial charge in [-0.25, -0.2) is 0 Å². The van der Waals surface area contributed by atoms with Gasteiger partial charge >= 0.3 is 0 Å². The third kappa shape index (κ3) is 9.87. The Bertz CT molecular complexity index is 689. The highest BCUT2D eigenvalue weighted by Gasteiger charge is 2.18. The SMILES string of the molecule is CNCC1CCN(CCCn2ccnn2)CC1.NCC1CCN(CCCn2ccnn2)CC1. The minimum absolute atomic E-state index is 0.756. The minimum atomic E-state index is 0.756. The predicted octanol–water partition coefficient (Wildman–Crippen LogP) is 0.939. The van der Waals surface area contributed by atoms with E-state index in [-0.39, 0.29) is 0 Å². The van der Waals surface area contributed by atoms with Crippen molar-refractivity contribution in [2.75, 3.05) is 59.4 Å². The summed E-state index contributed by atoms with van der Waals surface area (Å²) in [5, 5.41) is 18.8. The summed E-state index contributed by atoms with van der Waals surface area (Å²) in [6, 6.07) is 0. The molecular formula is C23H44N10. The summed E-state index contributed by atoms with van der Waals surface area (Å²) < 4.78 is 3.81. The molecule has 4 rings (SSSR count). The van der Waals surface area contributed by atoms with Gasteiger partial charge in [0.25, 0.3) is 0 Å². The third-order valence-corrected chi connectivity index (χ3v) is 6.91. The number of hydrogen-bond acceptors (Lipinski definition) is 8. The number of rotatable bonds is 11. The Morgan fingerprint density at radius 3 is 1.64 bits per heavy atom. The Kier molecular flexibility index (Phi) is 11.8. The first-order valence-electron chi connectivity index (χ1n) is 12.7. The molecule has 0 bridgehead atoms. The van der Waals surface area contributed by atoms with Crippen molar-refractivity contribution in [2.24, 2.45) is 17.6 Å². The summed E-state index contributed by atoms with van der Waals surface area (Å²) >= 11 is 0.